The van der Waals surface area contributed by atoms with Crippen LogP contribution >= 0.6 is 0 Å². The summed E-state index contributed by atoms with van der Waals surface area (Å²) in [5.41, 5.74) is 0. The standard InChI is InChI=1S/C53H104O5/c1-6-10-14-18-27-35-43-49(41-33-16-12-8-3)52(54)57-47-39-31-25-21-20-23-29-37-45-51(56-5)46-38-30-24-22-26-32-40-48-58-53(55)50(42-34-17-13-9-4)44-36-28-19-15-11-7-2/h49-51H,6-48H2,1-5H3. The van der Waals surface area contributed by atoms with Crippen LogP contribution in [0.3, 0.4) is 0 Å². The van der Waals surface area contributed by atoms with E-state index in [9.17, 15) is 9.59 Å². The third kappa shape index (κ3) is 39.1. The Bertz CT molecular complexity index is 829. The van der Waals surface area contributed by atoms with Crippen LogP contribution in [0.5, 0.6) is 0 Å². The van der Waals surface area contributed by atoms with Crippen LogP contribution in [-0.4, -0.2) is 38.4 Å². The molecule has 5 nitrogen and oxygen atoms in total. The molecule has 0 rings (SSSR count). The Hall–Kier alpha value is -1.10. The zero-order valence-corrected chi connectivity index (χ0v) is 40.2. The van der Waals surface area contributed by atoms with Gasteiger partial charge in [0.2, 0.25) is 0 Å². The molecule has 0 aromatic heterocycles. The molecule has 0 saturated heterocycles. The van der Waals surface area contributed by atoms with E-state index in [1.165, 1.54) is 218 Å². The average Bonchev–Trinajstić information content (AvgIpc) is 3.23. The zero-order chi connectivity index (χ0) is 42.4. The van der Waals surface area contributed by atoms with Crippen LogP contribution < -0.4 is 0 Å². The molecular formula is C53H104O5. The predicted octanol–water partition coefficient (Wildman–Crippen LogP) is 17.4. The van der Waals surface area contributed by atoms with Crippen molar-refractivity contribution in [2.75, 3.05) is 20.3 Å². The molecule has 0 aliphatic carbocycles. The molecule has 0 aromatic rings. The number of unbranched alkanes of at least 4 members (excludes halogenated alkanes) is 29. The van der Waals surface area contributed by atoms with Crippen molar-refractivity contribution >= 4 is 11.9 Å². The van der Waals surface area contributed by atoms with Gasteiger partial charge in [-0.25, -0.2) is 0 Å². The number of carbonyl (C=O) groups is 2. The van der Waals surface area contributed by atoms with Crippen LogP contribution in [0.25, 0.3) is 0 Å². The molecule has 0 spiro atoms. The van der Waals surface area contributed by atoms with Crippen molar-refractivity contribution < 1.29 is 23.8 Å². The minimum atomic E-state index is 0.0791. The van der Waals surface area contributed by atoms with Crippen LogP contribution in [0.4, 0.5) is 0 Å². The van der Waals surface area contributed by atoms with Crippen LogP contribution in [0, 0.1) is 11.8 Å². The highest BCUT2D eigenvalue weighted by molar-refractivity contribution is 5.72. The minimum absolute atomic E-state index is 0.0791. The summed E-state index contributed by atoms with van der Waals surface area (Å²) in [6.07, 6.45) is 50.6. The van der Waals surface area contributed by atoms with E-state index in [1.54, 1.807) is 0 Å². The van der Waals surface area contributed by atoms with Gasteiger partial charge in [-0.1, -0.05) is 240 Å². The molecular weight excluding hydrogens is 717 g/mol. The number of hydrogen-bond donors (Lipinski definition) is 0. The van der Waals surface area contributed by atoms with Gasteiger partial charge in [-0.2, -0.15) is 0 Å². The summed E-state index contributed by atoms with van der Waals surface area (Å²) >= 11 is 0. The van der Waals surface area contributed by atoms with E-state index >= 15 is 0 Å². The Kier molecular flexibility index (Phi) is 46.1. The fourth-order valence-electron chi connectivity index (χ4n) is 8.59. The zero-order valence-electron chi connectivity index (χ0n) is 40.2. The lowest BCUT2D eigenvalue weighted by atomic mass is 9.94. The highest BCUT2D eigenvalue weighted by Crippen LogP contribution is 2.23. The number of methoxy groups -OCH3 is 1. The molecule has 0 amide bonds. The van der Waals surface area contributed by atoms with Gasteiger partial charge in [-0.05, 0) is 51.4 Å². The average molecular weight is 821 g/mol. The largest absolute Gasteiger partial charge is 0.465 e. The maximum Gasteiger partial charge on any atom is 0.308 e. The van der Waals surface area contributed by atoms with Gasteiger partial charge in [0.25, 0.3) is 0 Å². The fraction of sp³-hybridized carbons (Fsp3) is 0.962. The topological polar surface area (TPSA) is 61.8 Å². The lowest BCUT2D eigenvalue weighted by Gasteiger charge is -2.16. The molecule has 0 aliphatic rings. The van der Waals surface area contributed by atoms with E-state index in [-0.39, 0.29) is 23.8 Å². The smallest absolute Gasteiger partial charge is 0.308 e. The number of ether oxygens (including phenoxy) is 3. The third-order valence-corrected chi connectivity index (χ3v) is 12.7. The van der Waals surface area contributed by atoms with Crippen LogP contribution in [0.15, 0.2) is 0 Å². The van der Waals surface area contributed by atoms with Gasteiger partial charge in [0, 0.05) is 7.11 Å². The monoisotopic (exact) mass is 821 g/mol. The first-order valence-electron chi connectivity index (χ1n) is 26.4. The van der Waals surface area contributed by atoms with Crippen molar-refractivity contribution in [2.45, 2.75) is 297 Å². The fourth-order valence-corrected chi connectivity index (χ4v) is 8.59. The lowest BCUT2D eigenvalue weighted by molar-refractivity contribution is -0.150. The molecule has 0 radical (unpaired) electrons. The second-order valence-corrected chi connectivity index (χ2v) is 18.3. The molecule has 0 fully saturated rings. The third-order valence-electron chi connectivity index (χ3n) is 12.7. The van der Waals surface area contributed by atoms with Crippen LogP contribution in [0.2, 0.25) is 0 Å². The van der Waals surface area contributed by atoms with E-state index in [2.05, 4.69) is 27.7 Å². The van der Waals surface area contributed by atoms with Crippen molar-refractivity contribution in [3.05, 3.63) is 0 Å². The Labute approximate surface area is 363 Å². The molecule has 0 heterocycles. The second kappa shape index (κ2) is 47.0. The van der Waals surface area contributed by atoms with Crippen molar-refractivity contribution in [3.63, 3.8) is 0 Å². The Morgan fingerprint density at radius 3 is 0.810 bits per heavy atom. The first-order chi connectivity index (χ1) is 28.5. The van der Waals surface area contributed by atoms with E-state index in [0.29, 0.717) is 19.3 Å². The molecule has 0 aromatic carbocycles. The number of esters is 2. The van der Waals surface area contributed by atoms with Crippen LogP contribution in [-0.2, 0) is 23.8 Å². The summed E-state index contributed by atoms with van der Waals surface area (Å²) < 4.78 is 17.4. The Balaban J connectivity index is 3.87. The summed E-state index contributed by atoms with van der Waals surface area (Å²) in [5.74, 6) is 0.398. The summed E-state index contributed by atoms with van der Waals surface area (Å²) in [6.45, 7) is 10.2. The predicted molar refractivity (Wildman–Crippen MR) is 252 cm³/mol. The molecule has 0 bridgehead atoms. The maximum absolute atomic E-state index is 12.9. The minimum Gasteiger partial charge on any atom is -0.465 e. The summed E-state index contributed by atoms with van der Waals surface area (Å²) in [7, 11) is 1.89. The number of hydrogen-bond acceptors (Lipinski definition) is 5. The van der Waals surface area contributed by atoms with Gasteiger partial charge in [-0.15, -0.1) is 0 Å². The normalized spacial score (nSPS) is 13.1. The van der Waals surface area contributed by atoms with Gasteiger partial charge in [-0.3, -0.25) is 9.59 Å². The van der Waals surface area contributed by atoms with Gasteiger partial charge in [0.15, 0.2) is 0 Å². The highest BCUT2D eigenvalue weighted by atomic mass is 16.5. The molecule has 58 heavy (non-hydrogen) atoms. The molecule has 0 saturated carbocycles. The van der Waals surface area contributed by atoms with Crippen molar-refractivity contribution in [1.82, 2.24) is 0 Å². The first kappa shape index (κ1) is 56.9. The summed E-state index contributed by atoms with van der Waals surface area (Å²) in [6, 6.07) is 0. The van der Waals surface area contributed by atoms with Crippen molar-refractivity contribution in [2.24, 2.45) is 11.8 Å². The van der Waals surface area contributed by atoms with E-state index < -0.39 is 0 Å². The van der Waals surface area contributed by atoms with E-state index in [1.807, 2.05) is 7.11 Å². The maximum atomic E-state index is 12.9. The highest BCUT2D eigenvalue weighted by Gasteiger charge is 2.20. The number of carbonyl (C=O) groups excluding carboxylic acids is 2. The van der Waals surface area contributed by atoms with Crippen LogP contribution in [0.1, 0.15) is 291 Å². The number of rotatable bonds is 48. The van der Waals surface area contributed by atoms with Gasteiger partial charge in [0.05, 0.1) is 31.2 Å². The molecule has 3 unspecified atom stereocenters. The van der Waals surface area contributed by atoms with Crippen molar-refractivity contribution in [1.29, 1.82) is 0 Å². The van der Waals surface area contributed by atoms with E-state index in [4.69, 9.17) is 14.2 Å². The summed E-state index contributed by atoms with van der Waals surface area (Å²) in [5, 5.41) is 0. The van der Waals surface area contributed by atoms with E-state index in [0.717, 1.165) is 44.9 Å². The molecule has 346 valence electrons. The first-order valence-corrected chi connectivity index (χ1v) is 26.4. The lowest BCUT2D eigenvalue weighted by Crippen LogP contribution is -2.18. The molecule has 0 N–H and O–H groups in total. The molecule has 3 atom stereocenters. The second-order valence-electron chi connectivity index (χ2n) is 18.3. The SMILES string of the molecule is CCCCCCCCC(CCCCCC)C(=O)OCCCCCCCCCCC(CCCCCCCCCOC(=O)C(CCCCCC)CCCCCCCC)OC. The van der Waals surface area contributed by atoms with Gasteiger partial charge >= 0.3 is 11.9 Å². The Morgan fingerprint density at radius 2 is 0.534 bits per heavy atom. The van der Waals surface area contributed by atoms with Gasteiger partial charge in [0.1, 0.15) is 0 Å². The quantitative estimate of drug-likeness (QED) is 0.0452. The molecule has 5 heteroatoms. The summed E-state index contributed by atoms with van der Waals surface area (Å²) in [4.78, 5) is 25.8. The van der Waals surface area contributed by atoms with Gasteiger partial charge < -0.3 is 14.2 Å². The van der Waals surface area contributed by atoms with Crippen molar-refractivity contribution in [3.8, 4) is 0 Å². The molecule has 0 aliphatic heterocycles. The Morgan fingerprint density at radius 1 is 0.310 bits per heavy atom.